The minimum absolute atomic E-state index is 0.00284. The van der Waals surface area contributed by atoms with Crippen molar-refractivity contribution in [1.82, 2.24) is 67.7 Å². The number of aromatic nitrogens is 12. The van der Waals surface area contributed by atoms with Gasteiger partial charge in [-0.15, -0.1) is 0 Å². The average Bonchev–Trinajstić information content (AvgIpc) is 1.58. The number of phosphoric ester groups is 2. The number of nitrogen functional groups attached to an aromatic ring is 4. The van der Waals surface area contributed by atoms with Gasteiger partial charge in [0.05, 0.1) is 97.9 Å². The highest BCUT2D eigenvalue weighted by Gasteiger charge is 2.64. The number of fused-ring (bicyclic) bond motifs is 7. The molecule has 8 aromatic heterocycles. The molecule has 44 heteroatoms. The number of hydrogen-bond acceptors (Lipinski definition) is 36. The number of nitrogens with zero attached hydrogens (tertiary/aromatic N) is 18. The molecule has 0 aliphatic carbocycles. The maximum Gasteiger partial charge on any atom is 0.475 e. The van der Waals surface area contributed by atoms with Crippen LogP contribution in [0.5, 0.6) is 0 Å². The van der Waals surface area contributed by atoms with Gasteiger partial charge in [-0.3, -0.25) is 27.1 Å². The number of phosphoric acid groups is 2. The first-order chi connectivity index (χ1) is 56.6. The van der Waals surface area contributed by atoms with E-state index in [4.69, 9.17) is 87.1 Å². The van der Waals surface area contributed by atoms with E-state index >= 15 is 0 Å². The Hall–Kier alpha value is -7.76. The van der Waals surface area contributed by atoms with Gasteiger partial charge in [0.15, 0.2) is 31.7 Å². The van der Waals surface area contributed by atoms with Crippen LogP contribution in [-0.2, 0) is 73.3 Å². The van der Waals surface area contributed by atoms with Crippen LogP contribution in [0.4, 0.5) is 23.3 Å². The second kappa shape index (κ2) is 37.4. The van der Waals surface area contributed by atoms with Crippen molar-refractivity contribution in [2.45, 2.75) is 260 Å². The molecule has 0 saturated carbocycles. The SMILES string of the molecule is CC(C)OP(N(C(C)C)C(C)C)N(C(C)C)C(C)C.CC(C)OP1(=O)OC[C@H]2O[C@@H](c3ccc4c(N)ncnn34)[C@](C)(C#N)[C@@H]2O1.CC(C)OP1(=O)OC[C@H]2O[C@@H](c3ccc4c(N)ncnn34)[C@](C)(C#N)[C@@H]2O1.CC(C)OP1OC[C@H]2O[C@@H](c3ccc4c(N)ncnn34)[C@](C)(C#N)[C@@H]2O1.C[C@@]1(C#N)[C@H](O)[C@@H](CO)O[C@H]1c1ccc2c(N)ncnn12. The Morgan fingerprint density at radius 2 is 0.808 bits per heavy atom. The first kappa shape index (κ1) is 92.9. The van der Waals surface area contributed by atoms with Crippen molar-refractivity contribution in [1.29, 1.82) is 21.0 Å². The first-order valence-corrected chi connectivity index (χ1v) is 44.7. The van der Waals surface area contributed by atoms with Gasteiger partial charge >= 0.3 is 24.2 Å². The Labute approximate surface area is 699 Å². The standard InChI is InChI=1S/2C16H20N5O5P.C16H20N5O4P.C15H35N2OP.C13H15N5O3/c2*1-9(2)25-27(22)23-6-12-14(26-27)16(3,7-17)13(24-12)10-4-5-11-15(18)19-8-20-21(10)11;1-9(2)24-26-22-6-12-14(25-26)16(3,7-17)13(23-12)10-4-5-11-15(18)19-8-20-21(10)11;1-11(2)16(12(3)4)19(18-15(9)10)17(13(5)6)14(7)8;1-13(5-14)10(20)9(4-19)21-11(13)7-2-3-8-12(15)16-6-17-18(7)8/h2*4-5,8-9,12-14H,6H2,1-3H3,(H2,18,19,20);4-5,8-9,12-14H,6H2,1-3H3,(H2,18,19,20);11-15H,1-10H3;2-3,6,9-11,19-20H,4H2,1H3,(H2,15,16,17)/t2*12-,13+,14-,16+,27?;12-,13+,14-,16+,26?;;9-,10-,11+,13-/m111.1/s1. The van der Waals surface area contributed by atoms with Crippen LogP contribution in [0.2, 0.25) is 0 Å². The lowest BCUT2D eigenvalue weighted by molar-refractivity contribution is -0.0642. The summed E-state index contributed by atoms with van der Waals surface area (Å²) in [6.45, 7) is 39.9. The van der Waals surface area contributed by atoms with Crippen molar-refractivity contribution in [3.8, 4) is 24.3 Å². The number of aliphatic hydroxyl groups excluding tert-OH is 2. The topological polar surface area (TPSA) is 530 Å². The summed E-state index contributed by atoms with van der Waals surface area (Å²) >= 11 is 0. The van der Waals surface area contributed by atoms with E-state index in [1.807, 2.05) is 32.9 Å². The lowest BCUT2D eigenvalue weighted by atomic mass is 9.79. The Bertz CT molecular complexity index is 4990. The van der Waals surface area contributed by atoms with E-state index in [1.165, 1.54) is 29.8 Å². The highest BCUT2D eigenvalue weighted by molar-refractivity contribution is 7.49. The van der Waals surface area contributed by atoms with Crippen molar-refractivity contribution >= 4 is 78.0 Å². The lowest BCUT2D eigenvalue weighted by Crippen LogP contribution is -2.43. The number of ether oxygens (including phenoxy) is 4. The van der Waals surface area contributed by atoms with Gasteiger partial charge in [0.1, 0.15) is 142 Å². The molecule has 0 amide bonds. The summed E-state index contributed by atoms with van der Waals surface area (Å²) in [4.78, 5) is 15.8. The van der Waals surface area contributed by atoms with E-state index in [9.17, 15) is 40.4 Å². The molecule has 120 heavy (non-hydrogen) atoms. The minimum Gasteiger partial charge on any atom is -0.394 e. The van der Waals surface area contributed by atoms with Crippen LogP contribution in [0, 0.1) is 67.0 Å². The summed E-state index contributed by atoms with van der Waals surface area (Å²) in [6.07, 6.45) is -3.20. The normalized spacial score (nSPS) is 31.4. The maximum absolute atomic E-state index is 12.8. The van der Waals surface area contributed by atoms with Crippen molar-refractivity contribution in [3.63, 3.8) is 0 Å². The molecule has 0 radical (unpaired) electrons. The number of anilines is 4. The average molecular weight is 1740 g/mol. The van der Waals surface area contributed by atoms with Gasteiger partial charge in [-0.1, -0.05) is 0 Å². The molecular weight excluding hydrogens is 1630 g/mol. The van der Waals surface area contributed by atoms with Crippen molar-refractivity contribution in [2.75, 3.05) is 49.4 Å². The molecule has 10 N–H and O–H groups in total. The van der Waals surface area contributed by atoms with E-state index in [0.29, 0.717) is 93.2 Å². The summed E-state index contributed by atoms with van der Waals surface area (Å²) < 4.78 is 117. The number of nitrogens with two attached hydrogens (primary N) is 4. The third-order valence-corrected chi connectivity index (χ3v) is 28.9. The predicted molar refractivity (Wildman–Crippen MR) is 439 cm³/mol. The van der Waals surface area contributed by atoms with Crippen molar-refractivity contribution < 1.29 is 83.5 Å². The lowest BCUT2D eigenvalue weighted by Gasteiger charge is -2.46. The molecule has 15 rings (SSSR count). The van der Waals surface area contributed by atoms with Gasteiger partial charge in [-0.2, -0.15) is 41.4 Å². The molecule has 19 atom stereocenters. The van der Waals surface area contributed by atoms with E-state index in [0.717, 1.165) is 5.69 Å². The molecular formula is C76H110N22O18P4. The fourth-order valence-corrected chi connectivity index (χ4v) is 22.7. The Morgan fingerprint density at radius 1 is 0.492 bits per heavy atom. The van der Waals surface area contributed by atoms with Crippen molar-refractivity contribution in [2.24, 2.45) is 21.7 Å². The fourth-order valence-electron chi connectivity index (χ4n) is 15.6. The maximum atomic E-state index is 12.8. The van der Waals surface area contributed by atoms with E-state index < -0.39 is 122 Å². The number of nitriles is 4. The summed E-state index contributed by atoms with van der Waals surface area (Å²) in [7, 11) is -9.78. The number of aliphatic hydroxyl groups is 2. The smallest absolute Gasteiger partial charge is 0.394 e. The molecule has 7 fully saturated rings. The summed E-state index contributed by atoms with van der Waals surface area (Å²) in [5, 5.41) is 75.7. The third kappa shape index (κ3) is 18.4. The van der Waals surface area contributed by atoms with E-state index in [2.05, 4.69) is 143 Å². The number of rotatable bonds is 19. The first-order valence-electron chi connectivity index (χ1n) is 39.5. The van der Waals surface area contributed by atoms with Crippen LogP contribution in [0.15, 0.2) is 73.8 Å². The Morgan fingerprint density at radius 3 is 1.10 bits per heavy atom. The van der Waals surface area contributed by atoms with Crippen LogP contribution in [0.25, 0.3) is 22.1 Å². The molecule has 0 bridgehead atoms. The third-order valence-electron chi connectivity index (χ3n) is 21.1. The van der Waals surface area contributed by atoms with Gasteiger partial charge in [-0.05, 0) is 187 Å². The second-order valence-corrected chi connectivity index (χ2v) is 38.7. The van der Waals surface area contributed by atoms with E-state index in [1.54, 1.807) is 98.4 Å². The van der Waals surface area contributed by atoms with Crippen LogP contribution >= 0.6 is 32.7 Å². The zero-order chi connectivity index (χ0) is 87.8. The molecule has 8 aromatic rings. The monoisotopic (exact) mass is 1740 g/mol. The second-order valence-electron chi connectivity index (χ2n) is 32.8. The number of hydrogen-bond donors (Lipinski definition) is 6. The molecule has 0 spiro atoms. The molecule has 15 heterocycles. The van der Waals surface area contributed by atoms with Gasteiger partial charge in [-0.25, -0.2) is 56.5 Å². The minimum atomic E-state index is -3.78. The Kier molecular flexibility index (Phi) is 28.9. The van der Waals surface area contributed by atoms with E-state index in [-0.39, 0.29) is 50.3 Å². The summed E-state index contributed by atoms with van der Waals surface area (Å²) in [6, 6.07) is 25.2. The van der Waals surface area contributed by atoms with Crippen LogP contribution in [0.1, 0.15) is 186 Å². The molecule has 7 saturated heterocycles. The molecule has 7 aliphatic heterocycles. The molecule has 7 aliphatic rings. The zero-order valence-electron chi connectivity index (χ0n) is 70.9. The Balaban J connectivity index is 0.000000148. The molecule has 3 unspecified atom stereocenters. The zero-order valence-corrected chi connectivity index (χ0v) is 74.5. The van der Waals surface area contributed by atoms with Crippen LogP contribution in [0.3, 0.4) is 0 Å². The van der Waals surface area contributed by atoms with Gasteiger partial charge in [0, 0.05) is 24.2 Å². The molecule has 0 aromatic carbocycles. The largest absolute Gasteiger partial charge is 0.475 e. The predicted octanol–water partition coefficient (Wildman–Crippen LogP) is 11.3. The molecule has 40 nitrogen and oxygen atoms in total. The van der Waals surface area contributed by atoms with Crippen LogP contribution in [-0.4, -0.2) is 202 Å². The summed E-state index contributed by atoms with van der Waals surface area (Å²) in [5.74, 6) is 1.32. The summed E-state index contributed by atoms with van der Waals surface area (Å²) in [5.41, 5.74) is 24.1. The van der Waals surface area contributed by atoms with Gasteiger partial charge in [0.25, 0.3) is 0 Å². The molecule has 652 valence electrons. The highest BCUT2D eigenvalue weighted by Crippen LogP contribution is 2.65. The van der Waals surface area contributed by atoms with Gasteiger partial charge < -0.3 is 70.2 Å². The fraction of sp³-hybridized carbons (Fsp3) is 0.632. The van der Waals surface area contributed by atoms with Crippen molar-refractivity contribution in [3.05, 3.63) is 96.6 Å². The van der Waals surface area contributed by atoms with Crippen LogP contribution < -0.4 is 22.9 Å². The quantitative estimate of drug-likeness (QED) is 0.0409. The highest BCUT2D eigenvalue weighted by atomic mass is 31.2. The van der Waals surface area contributed by atoms with Gasteiger partial charge in [0.2, 0.25) is 0 Å².